The Morgan fingerprint density at radius 2 is 0.719 bits per heavy atom. The molecular formula is C82H140N22O24. The van der Waals surface area contributed by atoms with Gasteiger partial charge in [-0.05, 0) is 187 Å². The van der Waals surface area contributed by atoms with Crippen molar-refractivity contribution in [1.82, 2.24) is 101 Å². The lowest BCUT2D eigenvalue weighted by Gasteiger charge is -2.36. The molecule has 0 aromatic rings. The maximum Gasteiger partial charge on any atom is 0.326 e. The largest absolute Gasteiger partial charge is 0.480 e. The smallest absolute Gasteiger partial charge is 0.326 e. The number of nitrogens with two attached hydrogens (primary N) is 3. The monoisotopic (exact) mass is 1820 g/mol. The predicted octanol–water partition coefficient (Wildman–Crippen LogP) is -5.68. The Balaban J connectivity index is 3.18. The van der Waals surface area contributed by atoms with Gasteiger partial charge in [0.15, 0.2) is 0 Å². The molecule has 722 valence electrons. The van der Waals surface area contributed by atoms with Crippen LogP contribution < -0.4 is 113 Å². The number of carboxylic acids is 1. The van der Waals surface area contributed by atoms with Crippen LogP contribution in [-0.4, -0.2) is 264 Å². The standard InChI is InChI=1S/C82H140N22O24/c1-27-82(26,73(127)93-46(30-33-51(83)106)60(113)92-48(66(119)120)32-35-53(85)108)103-72(126)80(22,23)102-64(117)55(40(4)5)94-63(116)50-29-28-36-104(50)74(128)81(24,25)100-62(115)49(37-39(2)3)90-54(109)38-86-67(121)75(12,13)101-65(118)56(41(6)7)95-71(125)79(20,21)99-61(114)47(31-34-52(84)107)91-57(110)42(8)87-69(123)77(16,17)97-59(112)44(10)89-70(124)78(18,19)98-58(111)43(9)88-68(122)76(14,15)96-45(11)105/h39-44,46-50,55-56H,27-38H2,1-26H3,(H2,83,106)(H2,84,107)(H2,85,108)(H,86,121)(H,87,123)(H,88,122)(H,89,124)(H,90,109)(H,91,110)(H,92,113)(H,93,127)(H,94,116)(H,95,125)(H,96,105)(H,97,112)(H,98,111)(H,99,114)(H,100,115)(H,101,118)(H,102,117)(H,103,126)(H,119,120)/t42-,43-,44-,46+,47-,48-,49-,50-,55+,56+,82-/m1/s1. The van der Waals surface area contributed by atoms with Crippen LogP contribution >= 0.6 is 0 Å². The fourth-order valence-corrected chi connectivity index (χ4v) is 12.4. The quantitative estimate of drug-likeness (QED) is 0.0270. The maximum absolute atomic E-state index is 14.5. The third kappa shape index (κ3) is 35.9. The highest BCUT2D eigenvalue weighted by Gasteiger charge is 2.48. The lowest BCUT2D eigenvalue weighted by atomic mass is 9.93. The lowest BCUT2D eigenvalue weighted by molar-refractivity contribution is -0.146. The van der Waals surface area contributed by atoms with E-state index in [2.05, 4.69) is 95.7 Å². The molecule has 1 aliphatic rings. The van der Waals surface area contributed by atoms with Gasteiger partial charge in [0.2, 0.25) is 130 Å². The minimum atomic E-state index is -1.91. The molecule has 46 heteroatoms. The fourth-order valence-electron chi connectivity index (χ4n) is 12.4. The van der Waals surface area contributed by atoms with Crippen LogP contribution in [-0.2, 0) is 110 Å². The van der Waals surface area contributed by atoms with Crippen LogP contribution in [0.2, 0.25) is 0 Å². The van der Waals surface area contributed by atoms with Gasteiger partial charge in [0.05, 0.1) is 6.54 Å². The van der Waals surface area contributed by atoms with Crippen molar-refractivity contribution in [3.8, 4) is 0 Å². The Labute approximate surface area is 745 Å². The first-order valence-electron chi connectivity index (χ1n) is 42.2. The van der Waals surface area contributed by atoms with Gasteiger partial charge in [-0.2, -0.15) is 0 Å². The number of nitrogens with one attached hydrogen (secondary N) is 18. The van der Waals surface area contributed by atoms with Crippen LogP contribution in [0.4, 0.5) is 0 Å². The first-order valence-corrected chi connectivity index (χ1v) is 42.2. The van der Waals surface area contributed by atoms with Crippen LogP contribution in [0.1, 0.15) is 244 Å². The summed E-state index contributed by atoms with van der Waals surface area (Å²) in [5, 5.41) is 54.6. The number of likely N-dealkylation sites (tertiary alicyclic amines) is 1. The van der Waals surface area contributed by atoms with Gasteiger partial charge in [-0.3, -0.25) is 105 Å². The number of aliphatic carboxylic acids is 1. The molecule has 0 aliphatic carbocycles. The molecule has 0 radical (unpaired) electrons. The molecule has 1 fully saturated rings. The van der Waals surface area contributed by atoms with Crippen molar-refractivity contribution in [3.05, 3.63) is 0 Å². The summed E-state index contributed by atoms with van der Waals surface area (Å²) >= 11 is 0. The molecule has 1 aliphatic heterocycles. The van der Waals surface area contributed by atoms with Gasteiger partial charge in [0.1, 0.15) is 105 Å². The highest BCUT2D eigenvalue weighted by molar-refractivity contribution is 6.04. The van der Waals surface area contributed by atoms with E-state index in [0.717, 1.165) is 0 Å². The number of nitrogens with zero attached hydrogens (tertiary/aromatic N) is 1. The molecule has 128 heavy (non-hydrogen) atoms. The van der Waals surface area contributed by atoms with E-state index >= 15 is 0 Å². The zero-order valence-electron chi connectivity index (χ0n) is 78.5. The van der Waals surface area contributed by atoms with Crippen LogP contribution in [0.25, 0.3) is 0 Å². The van der Waals surface area contributed by atoms with Gasteiger partial charge >= 0.3 is 5.97 Å². The summed E-state index contributed by atoms with van der Waals surface area (Å²) in [6.45, 7) is 35.5. The molecule has 0 spiro atoms. The normalized spacial score (nSPS) is 15.7. The number of amides is 22. The van der Waals surface area contributed by atoms with Crippen LogP contribution in [0.15, 0.2) is 0 Å². The first kappa shape index (κ1) is 114. The minimum Gasteiger partial charge on any atom is -0.480 e. The van der Waals surface area contributed by atoms with Crippen LogP contribution in [0.5, 0.6) is 0 Å². The van der Waals surface area contributed by atoms with Gasteiger partial charge in [-0.1, -0.05) is 48.5 Å². The van der Waals surface area contributed by atoms with Crippen LogP contribution in [0, 0.1) is 17.8 Å². The Kier molecular flexibility index (Phi) is 42.3. The summed E-state index contributed by atoms with van der Waals surface area (Å²) in [6.07, 6.45) is -2.24. The van der Waals surface area contributed by atoms with Crippen molar-refractivity contribution in [2.24, 2.45) is 35.0 Å². The number of carbonyl (C=O) groups is 23. The van der Waals surface area contributed by atoms with Crippen molar-refractivity contribution in [2.75, 3.05) is 13.1 Å². The maximum atomic E-state index is 14.5. The molecule has 0 unspecified atom stereocenters. The number of carboxylic acid groups (broad SMARTS) is 1. The summed E-state index contributed by atoms with van der Waals surface area (Å²) in [5.74, 6) is -22.2. The number of hydrogen-bond donors (Lipinski definition) is 22. The molecule has 1 saturated heterocycles. The molecule has 1 heterocycles. The second-order valence-electron chi connectivity index (χ2n) is 37.2. The summed E-state index contributed by atoms with van der Waals surface area (Å²) < 4.78 is 0. The van der Waals surface area contributed by atoms with Crippen LogP contribution in [0.3, 0.4) is 0 Å². The predicted molar refractivity (Wildman–Crippen MR) is 462 cm³/mol. The van der Waals surface area contributed by atoms with E-state index in [1.54, 1.807) is 41.5 Å². The average molecular weight is 1820 g/mol. The third-order valence-corrected chi connectivity index (χ3v) is 20.8. The highest BCUT2D eigenvalue weighted by Crippen LogP contribution is 2.25. The lowest BCUT2D eigenvalue weighted by Crippen LogP contribution is -2.67. The SMILES string of the molecule is CC[C@@](C)(NC(=O)C(C)(C)NC(=O)[C@@H](NC(=O)[C@H]1CCCN1C(=O)C(C)(C)NC(=O)[C@@H](CC(C)C)NC(=O)CNC(=O)C(C)(C)NC(=O)[C@@H](NC(=O)C(C)(C)NC(=O)[C@@H](CCC(N)=O)NC(=O)[C@@H](C)NC(=O)C(C)(C)NC(=O)[C@@H](C)NC(=O)C(C)(C)NC(=O)[C@@H](C)NC(=O)C(C)(C)NC(C)=O)C(C)C)C(C)C)C(=O)N[C@@H](CCC(N)=O)C(=O)N[C@H](CCC(N)=O)C(=O)O. The number of hydrogen-bond acceptors (Lipinski definition) is 23. The molecule has 0 bridgehead atoms. The Morgan fingerprint density at radius 3 is 1.12 bits per heavy atom. The minimum absolute atomic E-state index is 0.00934. The Morgan fingerprint density at radius 1 is 0.367 bits per heavy atom. The molecule has 11 atom stereocenters. The van der Waals surface area contributed by atoms with Gasteiger partial charge in [-0.15, -0.1) is 0 Å². The van der Waals surface area contributed by atoms with Crippen molar-refractivity contribution in [3.63, 3.8) is 0 Å². The summed E-state index contributed by atoms with van der Waals surface area (Å²) in [5.41, 5.74) is 1.88. The van der Waals surface area contributed by atoms with E-state index in [1.165, 1.54) is 143 Å². The van der Waals surface area contributed by atoms with E-state index in [0.29, 0.717) is 6.42 Å². The van der Waals surface area contributed by atoms with E-state index < -0.39 is 298 Å². The fraction of sp³-hybridized carbons (Fsp3) is 0.720. The van der Waals surface area contributed by atoms with Crippen molar-refractivity contribution in [2.45, 2.75) is 349 Å². The molecule has 22 amide bonds. The number of primary amides is 3. The van der Waals surface area contributed by atoms with Gasteiger partial charge < -0.3 is 123 Å². The van der Waals surface area contributed by atoms with E-state index in [-0.39, 0.29) is 31.7 Å². The summed E-state index contributed by atoms with van der Waals surface area (Å²) in [6, 6.07) is -14.0. The molecule has 25 N–H and O–H groups in total. The summed E-state index contributed by atoms with van der Waals surface area (Å²) in [4.78, 5) is 308. The number of carbonyl (C=O) groups excluding carboxylic acids is 22. The molecular weight excluding hydrogens is 1680 g/mol. The zero-order chi connectivity index (χ0) is 99.6. The topological polar surface area (TPSA) is 711 Å². The average Bonchev–Trinajstić information content (AvgIpc) is 1.58. The van der Waals surface area contributed by atoms with Crippen molar-refractivity contribution in [1.29, 1.82) is 0 Å². The van der Waals surface area contributed by atoms with Crippen molar-refractivity contribution < 1.29 is 115 Å². The molecule has 0 aromatic heterocycles. The van der Waals surface area contributed by atoms with E-state index in [9.17, 15) is 115 Å². The van der Waals surface area contributed by atoms with E-state index in [1.807, 2.05) is 0 Å². The zero-order valence-corrected chi connectivity index (χ0v) is 78.5. The molecule has 0 aromatic carbocycles. The summed E-state index contributed by atoms with van der Waals surface area (Å²) in [7, 11) is 0. The van der Waals surface area contributed by atoms with Gasteiger partial charge in [0, 0.05) is 32.7 Å². The Bertz CT molecular complexity index is 4170. The van der Waals surface area contributed by atoms with Gasteiger partial charge in [-0.25, -0.2) is 4.79 Å². The van der Waals surface area contributed by atoms with Gasteiger partial charge in [0.25, 0.3) is 0 Å². The Hall–Kier alpha value is -12.2. The molecule has 46 nitrogen and oxygen atoms in total. The second-order valence-corrected chi connectivity index (χ2v) is 37.2. The highest BCUT2D eigenvalue weighted by atomic mass is 16.4. The van der Waals surface area contributed by atoms with E-state index in [4.69, 9.17) is 17.2 Å². The second kappa shape index (κ2) is 47.6. The first-order chi connectivity index (χ1) is 58.2. The third-order valence-electron chi connectivity index (χ3n) is 20.8. The molecule has 0 saturated carbocycles. The van der Waals surface area contributed by atoms with Crippen molar-refractivity contribution >= 4 is 136 Å². The number of rotatable bonds is 51. The molecule has 1 rings (SSSR count).